The van der Waals surface area contributed by atoms with Gasteiger partial charge in [-0.1, -0.05) is 23.7 Å². The van der Waals surface area contributed by atoms with Crippen LogP contribution >= 0.6 is 11.6 Å². The molecule has 10 heteroatoms. The molecule has 4 N–H and O–H groups in total. The standard InChI is InChI=1S/C22H26ClF2N5O2/c1-3-32-13(2)12-26-22(28-21(31)15-6-9-17(23)18(25)10-15)27-20-11-19(29-30-20)14-4-7-16(24)8-5-14/h4-10,13,19-20,29-30H,3,11-12H2,1-2H3,(H2,26,27,28,31). The molecule has 0 aromatic heterocycles. The summed E-state index contributed by atoms with van der Waals surface area (Å²) in [7, 11) is 0. The van der Waals surface area contributed by atoms with E-state index in [-0.39, 0.29) is 40.7 Å². The summed E-state index contributed by atoms with van der Waals surface area (Å²) in [6.45, 7) is 4.75. The third kappa shape index (κ3) is 6.70. The molecule has 1 heterocycles. The van der Waals surface area contributed by atoms with Gasteiger partial charge in [-0.15, -0.1) is 0 Å². The van der Waals surface area contributed by atoms with Gasteiger partial charge in [0.25, 0.3) is 5.91 Å². The minimum absolute atomic E-state index is 0.0576. The van der Waals surface area contributed by atoms with Gasteiger partial charge < -0.3 is 15.4 Å². The first-order chi connectivity index (χ1) is 15.4. The predicted molar refractivity (Wildman–Crippen MR) is 119 cm³/mol. The molecule has 2 aromatic carbocycles. The van der Waals surface area contributed by atoms with Gasteiger partial charge in [0.2, 0.25) is 5.96 Å². The molecule has 3 unspecified atom stereocenters. The van der Waals surface area contributed by atoms with Crippen molar-refractivity contribution in [2.75, 3.05) is 13.2 Å². The molecule has 0 bridgehead atoms. The minimum Gasteiger partial charge on any atom is -0.377 e. The maximum atomic E-state index is 13.8. The molecule has 0 saturated carbocycles. The van der Waals surface area contributed by atoms with Crippen LogP contribution in [0.3, 0.4) is 0 Å². The summed E-state index contributed by atoms with van der Waals surface area (Å²) >= 11 is 5.69. The van der Waals surface area contributed by atoms with Crippen molar-refractivity contribution >= 4 is 23.5 Å². The molecule has 7 nitrogen and oxygen atoms in total. The molecule has 2 aromatic rings. The van der Waals surface area contributed by atoms with Gasteiger partial charge in [0.05, 0.1) is 17.3 Å². The number of amides is 1. The Labute approximate surface area is 190 Å². The second-order valence-electron chi connectivity index (χ2n) is 7.37. The zero-order valence-corrected chi connectivity index (χ0v) is 18.5. The summed E-state index contributed by atoms with van der Waals surface area (Å²) in [5, 5.41) is 6.15. The number of hydrogen-bond acceptors (Lipinski definition) is 4. The van der Waals surface area contributed by atoms with Crippen LogP contribution in [-0.4, -0.2) is 37.3 Å². The Morgan fingerprint density at radius 2 is 2.00 bits per heavy atom. The zero-order valence-electron chi connectivity index (χ0n) is 17.8. The van der Waals surface area contributed by atoms with Crippen LogP contribution in [0.25, 0.3) is 0 Å². The lowest BCUT2D eigenvalue weighted by Crippen LogP contribution is -2.50. The Morgan fingerprint density at radius 1 is 1.25 bits per heavy atom. The maximum Gasteiger partial charge on any atom is 0.280 e. The van der Waals surface area contributed by atoms with E-state index in [0.717, 1.165) is 11.6 Å². The lowest BCUT2D eigenvalue weighted by Gasteiger charge is -2.19. The van der Waals surface area contributed by atoms with E-state index in [1.807, 2.05) is 13.8 Å². The van der Waals surface area contributed by atoms with Gasteiger partial charge in [-0.05, 0) is 49.7 Å². The molecule has 3 rings (SSSR count). The zero-order chi connectivity index (χ0) is 23.1. The topological polar surface area (TPSA) is 86.8 Å². The average Bonchev–Trinajstić information content (AvgIpc) is 3.23. The van der Waals surface area contributed by atoms with Crippen molar-refractivity contribution in [3.05, 3.63) is 70.2 Å². The highest BCUT2D eigenvalue weighted by molar-refractivity contribution is 6.30. The molecule has 1 aliphatic heterocycles. The molecule has 1 aliphatic rings. The van der Waals surface area contributed by atoms with E-state index in [1.165, 1.54) is 24.3 Å². The first-order valence-electron chi connectivity index (χ1n) is 10.3. The SMILES string of the molecule is CCOC(C)CN/C(=N/C(=O)c1ccc(Cl)c(F)c1)NC1CC(c2ccc(F)cc2)NN1. The van der Waals surface area contributed by atoms with Crippen molar-refractivity contribution in [3.63, 3.8) is 0 Å². The number of guanidine groups is 1. The van der Waals surface area contributed by atoms with Crippen molar-refractivity contribution in [1.29, 1.82) is 0 Å². The Bertz CT molecular complexity index is 958. The number of aliphatic imine (C=N–C) groups is 1. The van der Waals surface area contributed by atoms with Gasteiger partial charge in [-0.25, -0.2) is 19.6 Å². The minimum atomic E-state index is -0.691. The van der Waals surface area contributed by atoms with E-state index in [4.69, 9.17) is 16.3 Å². The van der Waals surface area contributed by atoms with Gasteiger partial charge in [-0.3, -0.25) is 4.79 Å². The van der Waals surface area contributed by atoms with Crippen LogP contribution in [0.15, 0.2) is 47.5 Å². The lowest BCUT2D eigenvalue weighted by molar-refractivity contribution is 0.0791. The van der Waals surface area contributed by atoms with E-state index in [2.05, 4.69) is 26.5 Å². The Kier molecular flexibility index (Phi) is 8.52. The number of carbonyl (C=O) groups excluding carboxylic acids is 1. The molecular weight excluding hydrogens is 440 g/mol. The van der Waals surface area contributed by atoms with E-state index in [0.29, 0.717) is 19.6 Å². The summed E-state index contributed by atoms with van der Waals surface area (Å²) in [5.74, 6) is -1.39. The Morgan fingerprint density at radius 3 is 2.69 bits per heavy atom. The van der Waals surface area contributed by atoms with Gasteiger partial charge in [0.1, 0.15) is 11.6 Å². The number of benzene rings is 2. The first-order valence-corrected chi connectivity index (χ1v) is 10.7. The normalized spacial score (nSPS) is 19.6. The van der Waals surface area contributed by atoms with Crippen LogP contribution in [0.2, 0.25) is 5.02 Å². The van der Waals surface area contributed by atoms with Crippen molar-refractivity contribution in [3.8, 4) is 0 Å². The highest BCUT2D eigenvalue weighted by atomic mass is 35.5. The Hall–Kier alpha value is -2.59. The van der Waals surface area contributed by atoms with Crippen molar-refractivity contribution < 1.29 is 18.3 Å². The van der Waals surface area contributed by atoms with E-state index < -0.39 is 11.7 Å². The molecule has 0 spiro atoms. The van der Waals surface area contributed by atoms with Crippen LogP contribution in [0, 0.1) is 11.6 Å². The van der Waals surface area contributed by atoms with Crippen LogP contribution in [-0.2, 0) is 4.74 Å². The first kappa shape index (κ1) is 24.1. The highest BCUT2D eigenvalue weighted by Gasteiger charge is 2.26. The summed E-state index contributed by atoms with van der Waals surface area (Å²) in [4.78, 5) is 16.7. The fourth-order valence-corrected chi connectivity index (χ4v) is 3.35. The third-order valence-electron chi connectivity index (χ3n) is 4.87. The molecule has 1 saturated heterocycles. The third-order valence-corrected chi connectivity index (χ3v) is 5.18. The van der Waals surface area contributed by atoms with E-state index in [9.17, 15) is 13.6 Å². The van der Waals surface area contributed by atoms with Crippen molar-refractivity contribution in [2.45, 2.75) is 38.6 Å². The van der Waals surface area contributed by atoms with Crippen molar-refractivity contribution in [2.24, 2.45) is 4.99 Å². The molecule has 32 heavy (non-hydrogen) atoms. The number of hydrazine groups is 1. The number of nitrogens with zero attached hydrogens (tertiary/aromatic N) is 1. The quantitative estimate of drug-likeness (QED) is 0.371. The summed E-state index contributed by atoms with van der Waals surface area (Å²) in [6, 6.07) is 9.97. The summed E-state index contributed by atoms with van der Waals surface area (Å²) < 4.78 is 32.5. The van der Waals surface area contributed by atoms with Gasteiger partial charge in [-0.2, -0.15) is 4.99 Å². The van der Waals surface area contributed by atoms with Crippen LogP contribution in [0.4, 0.5) is 8.78 Å². The number of hydrogen-bond donors (Lipinski definition) is 4. The summed E-state index contributed by atoms with van der Waals surface area (Å²) in [5.41, 5.74) is 7.24. The number of rotatable bonds is 7. The van der Waals surface area contributed by atoms with E-state index in [1.54, 1.807) is 12.1 Å². The largest absolute Gasteiger partial charge is 0.377 e. The van der Waals surface area contributed by atoms with Gasteiger partial charge in [0.15, 0.2) is 0 Å². The molecule has 1 amide bonds. The second kappa shape index (κ2) is 11.3. The van der Waals surface area contributed by atoms with Gasteiger partial charge in [0, 0.05) is 31.2 Å². The lowest BCUT2D eigenvalue weighted by atomic mass is 10.0. The van der Waals surface area contributed by atoms with Crippen LogP contribution < -0.4 is 21.5 Å². The number of halogens is 3. The maximum absolute atomic E-state index is 13.8. The Balaban J connectivity index is 1.70. The molecule has 3 atom stereocenters. The predicted octanol–water partition coefficient (Wildman–Crippen LogP) is 3.28. The van der Waals surface area contributed by atoms with Crippen molar-refractivity contribution in [1.82, 2.24) is 21.5 Å². The van der Waals surface area contributed by atoms with E-state index >= 15 is 0 Å². The molecule has 172 valence electrons. The van der Waals surface area contributed by atoms with Crippen LogP contribution in [0.5, 0.6) is 0 Å². The van der Waals surface area contributed by atoms with Crippen LogP contribution in [0.1, 0.15) is 42.2 Å². The molecule has 0 aliphatic carbocycles. The number of carbonyl (C=O) groups is 1. The second-order valence-corrected chi connectivity index (χ2v) is 7.77. The van der Waals surface area contributed by atoms with Gasteiger partial charge >= 0.3 is 0 Å². The fourth-order valence-electron chi connectivity index (χ4n) is 3.23. The fraction of sp³-hybridized carbons (Fsp3) is 0.364. The average molecular weight is 466 g/mol. The smallest absolute Gasteiger partial charge is 0.280 e. The highest BCUT2D eigenvalue weighted by Crippen LogP contribution is 2.21. The molecular formula is C22H26ClF2N5O2. The molecule has 1 fully saturated rings. The molecule has 0 radical (unpaired) electrons. The monoisotopic (exact) mass is 465 g/mol. The number of ether oxygens (including phenoxy) is 1. The number of nitrogens with one attached hydrogen (secondary N) is 4. The summed E-state index contributed by atoms with van der Waals surface area (Å²) in [6.07, 6.45) is 0.224.